The van der Waals surface area contributed by atoms with Crippen molar-refractivity contribution in [1.82, 2.24) is 8.75 Å². The highest BCUT2D eigenvalue weighted by molar-refractivity contribution is 7.00. The number of aromatic nitrogens is 2. The Kier molecular flexibility index (Phi) is 4.13. The van der Waals surface area contributed by atoms with Gasteiger partial charge in [0.15, 0.2) is 5.76 Å². The number of hydrogen-bond donors (Lipinski definition) is 1. The van der Waals surface area contributed by atoms with Gasteiger partial charge in [-0.1, -0.05) is 6.07 Å². The van der Waals surface area contributed by atoms with E-state index in [2.05, 4.69) is 14.1 Å². The zero-order chi connectivity index (χ0) is 19.0. The lowest BCUT2D eigenvalue weighted by Gasteiger charge is -2.07. The first-order chi connectivity index (χ1) is 13.0. The van der Waals surface area contributed by atoms with Crippen LogP contribution >= 0.6 is 11.7 Å². The average Bonchev–Trinajstić information content (AvgIpc) is 3.33. The highest BCUT2D eigenvalue weighted by Crippen LogP contribution is 2.28. The van der Waals surface area contributed by atoms with E-state index >= 15 is 0 Å². The van der Waals surface area contributed by atoms with E-state index in [0.717, 1.165) is 17.3 Å². The molecule has 0 bridgehead atoms. The molecule has 1 amide bonds. The fourth-order valence-corrected chi connectivity index (χ4v) is 3.19. The Balaban J connectivity index is 1.59. The first kappa shape index (κ1) is 16.9. The predicted octanol–water partition coefficient (Wildman–Crippen LogP) is 4.42. The second-order valence-electron chi connectivity index (χ2n) is 5.81. The smallest absolute Gasteiger partial charge is 0.291 e. The van der Waals surface area contributed by atoms with Crippen LogP contribution in [0.5, 0.6) is 0 Å². The number of amides is 1. The molecule has 0 fully saturated rings. The molecule has 8 nitrogen and oxygen atoms in total. The number of furan rings is 1. The Morgan fingerprint density at radius 2 is 1.89 bits per heavy atom. The lowest BCUT2D eigenvalue weighted by atomic mass is 10.1. The molecule has 0 unspecified atom stereocenters. The minimum Gasteiger partial charge on any atom is -0.451 e. The van der Waals surface area contributed by atoms with E-state index in [1.807, 2.05) is 19.1 Å². The Hall–Kier alpha value is -3.59. The van der Waals surface area contributed by atoms with Crippen LogP contribution in [-0.2, 0) is 0 Å². The number of nitrogens with zero attached hydrogens (tertiary/aromatic N) is 3. The van der Waals surface area contributed by atoms with Gasteiger partial charge < -0.3 is 9.73 Å². The summed E-state index contributed by atoms with van der Waals surface area (Å²) in [5, 5.41) is 13.6. The fraction of sp³-hybridized carbons (Fsp3) is 0.0556. The third kappa shape index (κ3) is 3.15. The summed E-state index contributed by atoms with van der Waals surface area (Å²) < 4.78 is 14.0. The Morgan fingerprint density at radius 3 is 2.63 bits per heavy atom. The summed E-state index contributed by atoms with van der Waals surface area (Å²) in [6.45, 7) is 1.87. The number of rotatable bonds is 4. The Bertz CT molecular complexity index is 1160. The van der Waals surface area contributed by atoms with E-state index in [1.54, 1.807) is 24.3 Å². The summed E-state index contributed by atoms with van der Waals surface area (Å²) >= 11 is 1.08. The van der Waals surface area contributed by atoms with Gasteiger partial charge in [-0.3, -0.25) is 14.9 Å². The summed E-state index contributed by atoms with van der Waals surface area (Å²) in [6, 6.07) is 12.8. The van der Waals surface area contributed by atoms with Gasteiger partial charge in [-0.2, -0.15) is 8.75 Å². The van der Waals surface area contributed by atoms with Crippen LogP contribution in [0.15, 0.2) is 52.9 Å². The van der Waals surface area contributed by atoms with Gasteiger partial charge in [0.05, 0.1) is 22.3 Å². The van der Waals surface area contributed by atoms with Crippen LogP contribution in [0.3, 0.4) is 0 Å². The predicted molar refractivity (Wildman–Crippen MR) is 101 cm³/mol. The number of carbonyl (C=O) groups excluding carboxylic acids is 1. The molecule has 134 valence electrons. The maximum atomic E-state index is 12.6. The second-order valence-corrected chi connectivity index (χ2v) is 6.34. The van der Waals surface area contributed by atoms with Crippen molar-refractivity contribution in [2.45, 2.75) is 6.92 Å². The number of nitro benzene ring substituents is 1. The fourth-order valence-electron chi connectivity index (χ4n) is 2.65. The molecule has 2 aromatic carbocycles. The number of nitrogens with one attached hydrogen (secondary N) is 1. The maximum Gasteiger partial charge on any atom is 0.291 e. The molecule has 0 aliphatic carbocycles. The highest BCUT2D eigenvalue weighted by atomic mass is 32.1. The first-order valence-electron chi connectivity index (χ1n) is 7.91. The van der Waals surface area contributed by atoms with Gasteiger partial charge in [-0.25, -0.2) is 0 Å². The van der Waals surface area contributed by atoms with Crippen molar-refractivity contribution < 1.29 is 14.1 Å². The number of nitro groups is 1. The first-order valence-corrected chi connectivity index (χ1v) is 8.64. The van der Waals surface area contributed by atoms with E-state index < -0.39 is 10.8 Å². The zero-order valence-electron chi connectivity index (χ0n) is 14.0. The molecule has 2 heterocycles. The van der Waals surface area contributed by atoms with Crippen LogP contribution < -0.4 is 5.32 Å². The lowest BCUT2D eigenvalue weighted by molar-refractivity contribution is -0.384. The summed E-state index contributed by atoms with van der Waals surface area (Å²) in [5.74, 6) is 0.162. The van der Waals surface area contributed by atoms with Crippen molar-refractivity contribution in [3.8, 4) is 11.3 Å². The molecule has 9 heteroatoms. The molecule has 0 aliphatic heterocycles. The van der Waals surface area contributed by atoms with Crippen LogP contribution in [0, 0.1) is 17.0 Å². The number of non-ortho nitro benzene ring substituents is 1. The van der Waals surface area contributed by atoms with Gasteiger partial charge >= 0.3 is 0 Å². The Labute approximate surface area is 156 Å². The molecule has 0 aliphatic rings. The van der Waals surface area contributed by atoms with Crippen LogP contribution in [-0.4, -0.2) is 19.6 Å². The van der Waals surface area contributed by atoms with E-state index in [1.165, 1.54) is 12.1 Å². The van der Waals surface area contributed by atoms with Crippen molar-refractivity contribution in [3.63, 3.8) is 0 Å². The molecule has 0 atom stereocenters. The number of hydrogen-bond acceptors (Lipinski definition) is 7. The number of carbonyl (C=O) groups is 1. The average molecular weight is 380 g/mol. The largest absolute Gasteiger partial charge is 0.451 e. The second kappa shape index (κ2) is 6.61. The number of fused-ring (bicyclic) bond motifs is 1. The maximum absolute atomic E-state index is 12.6. The standard InChI is InChI=1S/C18H12N4O4S/c1-10-2-7-13-17(21-27-20-13)16(10)19-18(23)15-9-8-14(26-15)11-3-5-12(6-4-11)22(24)25/h2-9H,1H3,(H,19,23). The normalized spacial score (nSPS) is 10.9. The van der Waals surface area contributed by atoms with Gasteiger partial charge in [0.25, 0.3) is 11.6 Å². The zero-order valence-corrected chi connectivity index (χ0v) is 14.8. The molecular formula is C18H12N4O4S. The molecule has 0 radical (unpaired) electrons. The van der Waals surface area contributed by atoms with Gasteiger partial charge in [-0.15, -0.1) is 0 Å². The van der Waals surface area contributed by atoms with Crippen molar-refractivity contribution in [2.75, 3.05) is 5.32 Å². The third-order valence-corrected chi connectivity index (χ3v) is 4.61. The van der Waals surface area contributed by atoms with E-state index in [0.29, 0.717) is 28.0 Å². The minimum absolute atomic E-state index is 0.0104. The monoisotopic (exact) mass is 380 g/mol. The summed E-state index contributed by atoms with van der Waals surface area (Å²) in [5.41, 5.74) is 3.44. The van der Waals surface area contributed by atoms with Crippen LogP contribution in [0.2, 0.25) is 0 Å². The number of anilines is 1. The van der Waals surface area contributed by atoms with Crippen LogP contribution in [0.1, 0.15) is 16.1 Å². The molecular weight excluding hydrogens is 368 g/mol. The number of aryl methyl sites for hydroxylation is 1. The summed E-state index contributed by atoms with van der Waals surface area (Å²) in [4.78, 5) is 22.8. The molecule has 1 N–H and O–H groups in total. The van der Waals surface area contributed by atoms with Crippen molar-refractivity contribution in [1.29, 1.82) is 0 Å². The molecule has 0 saturated heterocycles. The van der Waals surface area contributed by atoms with Crippen LogP contribution in [0.25, 0.3) is 22.4 Å². The molecule has 4 rings (SSSR count). The van der Waals surface area contributed by atoms with E-state index in [-0.39, 0.29) is 11.4 Å². The third-order valence-electron chi connectivity index (χ3n) is 4.07. The molecule has 0 spiro atoms. The molecule has 27 heavy (non-hydrogen) atoms. The van der Waals surface area contributed by atoms with Gasteiger partial charge in [-0.05, 0) is 42.8 Å². The SMILES string of the molecule is Cc1ccc2nsnc2c1NC(=O)c1ccc(-c2ccc([N+](=O)[O-])cc2)o1. The lowest BCUT2D eigenvalue weighted by Crippen LogP contribution is -2.12. The van der Waals surface area contributed by atoms with Gasteiger partial charge in [0.2, 0.25) is 0 Å². The Morgan fingerprint density at radius 1 is 1.11 bits per heavy atom. The van der Waals surface area contributed by atoms with Gasteiger partial charge in [0.1, 0.15) is 16.8 Å². The van der Waals surface area contributed by atoms with E-state index in [4.69, 9.17) is 4.42 Å². The highest BCUT2D eigenvalue weighted by Gasteiger charge is 2.17. The molecule has 4 aromatic rings. The van der Waals surface area contributed by atoms with Crippen molar-refractivity contribution in [3.05, 3.63) is 70.0 Å². The van der Waals surface area contributed by atoms with Crippen molar-refractivity contribution in [2.24, 2.45) is 0 Å². The summed E-state index contributed by atoms with van der Waals surface area (Å²) in [7, 11) is 0. The van der Waals surface area contributed by atoms with Crippen molar-refractivity contribution >= 4 is 40.0 Å². The van der Waals surface area contributed by atoms with E-state index in [9.17, 15) is 14.9 Å². The quantitative estimate of drug-likeness (QED) is 0.414. The van der Waals surface area contributed by atoms with Crippen LogP contribution in [0.4, 0.5) is 11.4 Å². The minimum atomic E-state index is -0.471. The molecule has 0 saturated carbocycles. The summed E-state index contributed by atoms with van der Waals surface area (Å²) in [6.07, 6.45) is 0. The molecule has 2 aromatic heterocycles. The number of benzene rings is 2. The topological polar surface area (TPSA) is 111 Å². The van der Waals surface area contributed by atoms with Gasteiger partial charge in [0, 0.05) is 17.7 Å².